The van der Waals surface area contributed by atoms with Crippen LogP contribution in [0.25, 0.3) is 10.9 Å². The fourth-order valence-electron chi connectivity index (χ4n) is 3.32. The van der Waals surface area contributed by atoms with Gasteiger partial charge in [-0.25, -0.2) is 0 Å². The molecule has 0 radical (unpaired) electrons. The molecule has 1 N–H and O–H groups in total. The van der Waals surface area contributed by atoms with E-state index < -0.39 is 0 Å². The van der Waals surface area contributed by atoms with Crippen LogP contribution in [0.15, 0.2) is 28.4 Å². The van der Waals surface area contributed by atoms with Crippen LogP contribution >= 0.6 is 24.0 Å². The summed E-state index contributed by atoms with van der Waals surface area (Å²) in [5.41, 5.74) is 2.63. The standard InChI is InChI=1S/C18H24N4OS2/c1-13-6-7-15-14(12-13)16(19-20-18(24)25-2)17(23)22(15)11-10-21-8-4-3-5-9-21/h6-7,12,23H,3-5,8-11H2,1-2H3. The van der Waals surface area contributed by atoms with Crippen LogP contribution in [0.4, 0.5) is 5.69 Å². The third kappa shape index (κ3) is 4.22. The number of azo groups is 1. The van der Waals surface area contributed by atoms with Gasteiger partial charge in [0.25, 0.3) is 0 Å². The molecule has 1 aromatic heterocycles. The summed E-state index contributed by atoms with van der Waals surface area (Å²) in [4.78, 5) is 2.47. The van der Waals surface area contributed by atoms with Gasteiger partial charge in [-0.05, 0) is 63.5 Å². The maximum absolute atomic E-state index is 10.8. The summed E-state index contributed by atoms with van der Waals surface area (Å²) in [6.45, 7) is 6.01. The molecule has 2 aromatic rings. The molecule has 1 aliphatic heterocycles. The van der Waals surface area contributed by atoms with Crippen molar-refractivity contribution in [3.8, 4) is 5.88 Å². The molecule has 0 bridgehead atoms. The van der Waals surface area contributed by atoms with Gasteiger partial charge in [0, 0.05) is 18.5 Å². The number of thiocarbonyl (C=S) groups is 1. The molecule has 7 heteroatoms. The Morgan fingerprint density at radius 2 is 2.00 bits per heavy atom. The maximum atomic E-state index is 10.8. The highest BCUT2D eigenvalue weighted by Gasteiger charge is 2.18. The van der Waals surface area contributed by atoms with Gasteiger partial charge in [0.2, 0.25) is 5.88 Å². The predicted octanol–water partition coefficient (Wildman–Crippen LogP) is 4.87. The molecule has 2 heterocycles. The number of aryl methyl sites for hydroxylation is 1. The smallest absolute Gasteiger partial charge is 0.220 e. The minimum absolute atomic E-state index is 0.172. The summed E-state index contributed by atoms with van der Waals surface area (Å²) in [6.07, 6.45) is 5.73. The third-order valence-electron chi connectivity index (χ3n) is 4.66. The zero-order valence-corrected chi connectivity index (χ0v) is 16.4. The highest BCUT2D eigenvalue weighted by molar-refractivity contribution is 8.22. The highest BCUT2D eigenvalue weighted by atomic mass is 32.2. The summed E-state index contributed by atoms with van der Waals surface area (Å²) in [5.74, 6) is 0.172. The maximum Gasteiger partial charge on any atom is 0.220 e. The molecule has 0 aliphatic carbocycles. The fraction of sp³-hybridized carbons (Fsp3) is 0.500. The van der Waals surface area contributed by atoms with Crippen molar-refractivity contribution < 1.29 is 5.11 Å². The Morgan fingerprint density at radius 3 is 2.72 bits per heavy atom. The molecule has 0 amide bonds. The SMILES string of the molecule is CSC(=S)N=Nc1c(O)n(CCN2CCCCC2)c2ccc(C)cc12. The van der Waals surface area contributed by atoms with E-state index in [1.807, 2.05) is 29.9 Å². The van der Waals surface area contributed by atoms with Crippen molar-refractivity contribution in [2.24, 2.45) is 10.2 Å². The van der Waals surface area contributed by atoms with E-state index in [9.17, 15) is 5.11 Å². The molecule has 25 heavy (non-hydrogen) atoms. The number of aromatic hydroxyl groups is 1. The second-order valence-electron chi connectivity index (χ2n) is 6.42. The average Bonchev–Trinajstić information content (AvgIpc) is 2.89. The van der Waals surface area contributed by atoms with Crippen molar-refractivity contribution in [1.82, 2.24) is 9.47 Å². The lowest BCUT2D eigenvalue weighted by Crippen LogP contribution is -2.32. The Hall–Kier alpha value is -1.44. The minimum Gasteiger partial charge on any atom is -0.493 e. The summed E-state index contributed by atoms with van der Waals surface area (Å²) < 4.78 is 2.40. The molecular formula is C18H24N4OS2. The van der Waals surface area contributed by atoms with Crippen LogP contribution in [0.5, 0.6) is 5.88 Å². The van der Waals surface area contributed by atoms with E-state index in [1.165, 1.54) is 31.0 Å². The molecule has 1 fully saturated rings. The molecule has 0 saturated carbocycles. The summed E-state index contributed by atoms with van der Waals surface area (Å²) >= 11 is 6.47. The predicted molar refractivity (Wildman–Crippen MR) is 109 cm³/mol. The van der Waals surface area contributed by atoms with Crippen LogP contribution in [-0.4, -0.2) is 44.8 Å². The van der Waals surface area contributed by atoms with E-state index in [-0.39, 0.29) is 5.88 Å². The Balaban J connectivity index is 1.92. The Bertz CT molecular complexity index is 794. The van der Waals surface area contributed by atoms with Crippen molar-refractivity contribution >= 4 is 44.9 Å². The molecule has 1 saturated heterocycles. The quantitative estimate of drug-likeness (QED) is 0.611. The third-order valence-corrected chi connectivity index (χ3v) is 5.67. The van der Waals surface area contributed by atoms with Crippen molar-refractivity contribution in [2.45, 2.75) is 32.7 Å². The van der Waals surface area contributed by atoms with Gasteiger partial charge in [-0.2, -0.15) is 0 Å². The van der Waals surface area contributed by atoms with E-state index in [1.54, 1.807) is 0 Å². The first-order valence-corrected chi connectivity index (χ1v) is 10.3. The molecule has 3 rings (SSSR count). The van der Waals surface area contributed by atoms with Crippen LogP contribution in [0.3, 0.4) is 0 Å². The summed E-state index contributed by atoms with van der Waals surface area (Å²) in [5, 5.41) is 20.0. The van der Waals surface area contributed by atoms with Gasteiger partial charge < -0.3 is 14.6 Å². The Labute approximate surface area is 158 Å². The lowest BCUT2D eigenvalue weighted by Gasteiger charge is -2.26. The zero-order valence-electron chi connectivity index (χ0n) is 14.7. The number of benzene rings is 1. The van der Waals surface area contributed by atoms with Gasteiger partial charge in [-0.15, -0.1) is 10.2 Å². The van der Waals surface area contributed by atoms with E-state index in [0.717, 1.165) is 42.6 Å². The average molecular weight is 377 g/mol. The van der Waals surface area contributed by atoms with Crippen LogP contribution in [-0.2, 0) is 6.54 Å². The number of hydrogen-bond donors (Lipinski definition) is 1. The largest absolute Gasteiger partial charge is 0.493 e. The zero-order chi connectivity index (χ0) is 17.8. The number of hydrogen-bond acceptors (Lipinski definition) is 5. The number of thioether (sulfide) groups is 1. The van der Waals surface area contributed by atoms with Crippen molar-refractivity contribution in [1.29, 1.82) is 0 Å². The van der Waals surface area contributed by atoms with Crippen LogP contribution < -0.4 is 0 Å². The van der Waals surface area contributed by atoms with E-state index in [4.69, 9.17) is 12.2 Å². The van der Waals surface area contributed by atoms with Gasteiger partial charge in [0.05, 0.1) is 5.52 Å². The first kappa shape index (κ1) is 18.4. The van der Waals surface area contributed by atoms with E-state index in [0.29, 0.717) is 10.0 Å². The Kier molecular flexibility index (Phi) is 6.09. The molecule has 0 unspecified atom stereocenters. The molecule has 5 nitrogen and oxygen atoms in total. The van der Waals surface area contributed by atoms with E-state index in [2.05, 4.69) is 21.2 Å². The van der Waals surface area contributed by atoms with Crippen molar-refractivity contribution in [3.63, 3.8) is 0 Å². The van der Waals surface area contributed by atoms with Gasteiger partial charge in [-0.3, -0.25) is 0 Å². The molecular weight excluding hydrogens is 352 g/mol. The number of fused-ring (bicyclic) bond motifs is 1. The van der Waals surface area contributed by atoms with Gasteiger partial charge in [0.15, 0.2) is 10.0 Å². The number of rotatable bonds is 4. The number of piperidine rings is 1. The summed E-state index contributed by atoms with van der Waals surface area (Å²) in [6, 6.07) is 6.15. The molecule has 1 aliphatic rings. The molecule has 0 atom stereocenters. The number of nitrogens with zero attached hydrogens (tertiary/aromatic N) is 4. The summed E-state index contributed by atoms with van der Waals surface area (Å²) in [7, 11) is 0. The van der Waals surface area contributed by atoms with Crippen LogP contribution in [0.1, 0.15) is 24.8 Å². The topological polar surface area (TPSA) is 53.1 Å². The fourth-order valence-corrected chi connectivity index (χ4v) is 3.48. The molecule has 0 spiro atoms. The molecule has 1 aromatic carbocycles. The Morgan fingerprint density at radius 1 is 1.24 bits per heavy atom. The van der Waals surface area contributed by atoms with Crippen molar-refractivity contribution in [2.75, 3.05) is 25.9 Å². The monoisotopic (exact) mass is 376 g/mol. The van der Waals surface area contributed by atoms with Gasteiger partial charge in [0.1, 0.15) is 0 Å². The lowest BCUT2D eigenvalue weighted by atomic mass is 10.1. The molecule has 134 valence electrons. The van der Waals surface area contributed by atoms with Crippen molar-refractivity contribution in [3.05, 3.63) is 23.8 Å². The number of likely N-dealkylation sites (tertiary alicyclic amines) is 1. The van der Waals surface area contributed by atoms with Crippen LogP contribution in [0, 0.1) is 6.92 Å². The normalized spacial score (nSPS) is 16.1. The van der Waals surface area contributed by atoms with Gasteiger partial charge >= 0.3 is 0 Å². The minimum atomic E-state index is 0.172. The first-order valence-electron chi connectivity index (χ1n) is 8.64. The lowest BCUT2D eigenvalue weighted by molar-refractivity contribution is 0.219. The number of aromatic nitrogens is 1. The second-order valence-corrected chi connectivity index (χ2v) is 7.86. The van der Waals surface area contributed by atoms with Gasteiger partial charge in [-0.1, -0.05) is 29.8 Å². The highest BCUT2D eigenvalue weighted by Crippen LogP contribution is 2.39. The van der Waals surface area contributed by atoms with E-state index >= 15 is 0 Å². The first-order chi connectivity index (χ1) is 12.1. The van der Waals surface area contributed by atoms with Crippen LogP contribution in [0.2, 0.25) is 0 Å². The second kappa shape index (κ2) is 8.29.